The second-order valence-corrected chi connectivity index (χ2v) is 8.91. The lowest BCUT2D eigenvalue weighted by molar-refractivity contribution is -0.122. The van der Waals surface area contributed by atoms with Crippen molar-refractivity contribution in [1.82, 2.24) is 14.5 Å². The van der Waals surface area contributed by atoms with Crippen LogP contribution in [0.1, 0.15) is 5.76 Å². The van der Waals surface area contributed by atoms with Crippen molar-refractivity contribution in [2.24, 2.45) is 0 Å². The van der Waals surface area contributed by atoms with Crippen LogP contribution in [0.5, 0.6) is 0 Å². The zero-order chi connectivity index (χ0) is 19.4. The van der Waals surface area contributed by atoms with Crippen LogP contribution >= 0.6 is 11.6 Å². The Morgan fingerprint density at radius 2 is 1.78 bits per heavy atom. The summed E-state index contributed by atoms with van der Waals surface area (Å²) in [6.45, 7) is 2.45. The second kappa shape index (κ2) is 8.43. The molecule has 0 aliphatic carbocycles. The number of hydrogen-bond donors (Lipinski definition) is 1. The number of nitrogens with one attached hydrogen (secondary N) is 1. The molecule has 1 fully saturated rings. The topological polar surface area (TPSA) is 82.9 Å². The Labute approximate surface area is 163 Å². The maximum absolute atomic E-state index is 12.1. The number of sulfonamides is 1. The van der Waals surface area contributed by atoms with Crippen LogP contribution in [-0.2, 0) is 21.4 Å². The lowest BCUT2D eigenvalue weighted by Gasteiger charge is -2.32. The molecule has 27 heavy (non-hydrogen) atoms. The maximum atomic E-state index is 12.1. The number of halogens is 1. The minimum atomic E-state index is -3.16. The number of nitrogens with zero attached hydrogens (tertiary/aromatic N) is 2. The summed E-state index contributed by atoms with van der Waals surface area (Å²) in [7, 11) is -3.16. The van der Waals surface area contributed by atoms with Gasteiger partial charge in [0.15, 0.2) is 0 Å². The largest absolute Gasteiger partial charge is 0.459 e. The van der Waals surface area contributed by atoms with Gasteiger partial charge in [-0.15, -0.1) is 0 Å². The molecule has 1 aliphatic rings. The summed E-state index contributed by atoms with van der Waals surface area (Å²) in [4.78, 5) is 14.1. The van der Waals surface area contributed by atoms with E-state index in [9.17, 15) is 13.2 Å². The van der Waals surface area contributed by atoms with E-state index in [1.54, 1.807) is 12.1 Å². The summed E-state index contributed by atoms with van der Waals surface area (Å²) in [5.74, 6) is 1.26. The van der Waals surface area contributed by atoms with Crippen LogP contribution in [0.3, 0.4) is 0 Å². The fourth-order valence-electron chi connectivity index (χ4n) is 2.91. The minimum Gasteiger partial charge on any atom is -0.459 e. The van der Waals surface area contributed by atoms with Crippen LogP contribution in [0.15, 0.2) is 40.8 Å². The fraction of sp³-hybridized carbons (Fsp3) is 0.389. The molecule has 0 spiro atoms. The predicted octanol–water partition coefficient (Wildman–Crippen LogP) is 1.79. The van der Waals surface area contributed by atoms with E-state index in [0.717, 1.165) is 5.56 Å². The molecule has 2 aromatic rings. The highest BCUT2D eigenvalue weighted by Crippen LogP contribution is 2.23. The predicted molar refractivity (Wildman–Crippen MR) is 104 cm³/mol. The molecule has 0 radical (unpaired) electrons. The molecule has 1 N–H and O–H groups in total. The molecule has 0 saturated carbocycles. The average Bonchev–Trinajstić information content (AvgIpc) is 3.09. The molecule has 146 valence electrons. The molecule has 0 unspecified atom stereocenters. The SMILES string of the molecule is CS(=O)(=O)N1CCN(CC(=O)NCc2ccc(-c3ccc(Cl)cc3)o2)CC1. The quantitative estimate of drug-likeness (QED) is 0.783. The van der Waals surface area contributed by atoms with Gasteiger partial charge in [0, 0.05) is 36.8 Å². The normalized spacial score (nSPS) is 16.4. The van der Waals surface area contributed by atoms with E-state index in [0.29, 0.717) is 49.3 Å². The zero-order valence-electron chi connectivity index (χ0n) is 15.0. The summed E-state index contributed by atoms with van der Waals surface area (Å²) >= 11 is 5.88. The van der Waals surface area contributed by atoms with Crippen molar-refractivity contribution < 1.29 is 17.6 Å². The Kier molecular flexibility index (Phi) is 6.21. The molecule has 1 saturated heterocycles. The van der Waals surface area contributed by atoms with E-state index in [1.165, 1.54) is 10.6 Å². The first-order chi connectivity index (χ1) is 12.8. The van der Waals surface area contributed by atoms with E-state index >= 15 is 0 Å². The summed E-state index contributed by atoms with van der Waals surface area (Å²) in [5.41, 5.74) is 0.917. The Morgan fingerprint density at radius 1 is 1.11 bits per heavy atom. The van der Waals surface area contributed by atoms with Gasteiger partial charge in [0.1, 0.15) is 11.5 Å². The van der Waals surface area contributed by atoms with Crippen molar-refractivity contribution in [2.45, 2.75) is 6.54 Å². The molecule has 3 rings (SSSR count). The van der Waals surface area contributed by atoms with Gasteiger partial charge in [-0.2, -0.15) is 4.31 Å². The van der Waals surface area contributed by atoms with E-state index in [2.05, 4.69) is 5.32 Å². The van der Waals surface area contributed by atoms with Gasteiger partial charge in [-0.3, -0.25) is 9.69 Å². The van der Waals surface area contributed by atoms with Gasteiger partial charge in [-0.05, 0) is 36.4 Å². The summed E-state index contributed by atoms with van der Waals surface area (Å²) < 4.78 is 30.2. The fourth-order valence-corrected chi connectivity index (χ4v) is 3.86. The third kappa shape index (κ3) is 5.55. The minimum absolute atomic E-state index is 0.118. The molecule has 9 heteroatoms. The molecule has 2 heterocycles. The summed E-state index contributed by atoms with van der Waals surface area (Å²) in [5, 5.41) is 3.50. The third-order valence-electron chi connectivity index (χ3n) is 4.42. The van der Waals surface area contributed by atoms with Crippen molar-refractivity contribution in [3.63, 3.8) is 0 Å². The highest BCUT2D eigenvalue weighted by molar-refractivity contribution is 7.88. The number of hydrogen-bond acceptors (Lipinski definition) is 5. The van der Waals surface area contributed by atoms with Gasteiger partial charge >= 0.3 is 0 Å². The van der Waals surface area contributed by atoms with Gasteiger partial charge < -0.3 is 9.73 Å². The number of rotatable bonds is 6. The molecular weight excluding hydrogens is 390 g/mol. The lowest BCUT2D eigenvalue weighted by Crippen LogP contribution is -2.50. The van der Waals surface area contributed by atoms with Crippen LogP contribution in [0.4, 0.5) is 0 Å². The molecule has 1 aliphatic heterocycles. The number of carbonyl (C=O) groups excluding carboxylic acids is 1. The van der Waals surface area contributed by atoms with Crippen molar-refractivity contribution in [3.05, 3.63) is 47.2 Å². The highest BCUT2D eigenvalue weighted by Gasteiger charge is 2.24. The Balaban J connectivity index is 1.45. The number of benzene rings is 1. The van der Waals surface area contributed by atoms with Crippen molar-refractivity contribution >= 4 is 27.5 Å². The molecule has 0 bridgehead atoms. The average molecular weight is 412 g/mol. The zero-order valence-corrected chi connectivity index (χ0v) is 16.6. The summed E-state index contributed by atoms with van der Waals surface area (Å²) in [6.07, 6.45) is 1.21. The molecule has 1 aromatic heterocycles. The number of piperazine rings is 1. The van der Waals surface area contributed by atoms with E-state index in [-0.39, 0.29) is 12.5 Å². The van der Waals surface area contributed by atoms with Crippen molar-refractivity contribution in [1.29, 1.82) is 0 Å². The van der Waals surface area contributed by atoms with Crippen LogP contribution in [0, 0.1) is 0 Å². The molecular formula is C18H22ClN3O4S. The second-order valence-electron chi connectivity index (χ2n) is 6.49. The van der Waals surface area contributed by atoms with E-state index in [1.807, 2.05) is 29.2 Å². The van der Waals surface area contributed by atoms with E-state index < -0.39 is 10.0 Å². The molecule has 1 aromatic carbocycles. The first-order valence-corrected chi connectivity index (χ1v) is 10.8. The monoisotopic (exact) mass is 411 g/mol. The third-order valence-corrected chi connectivity index (χ3v) is 5.97. The smallest absolute Gasteiger partial charge is 0.234 e. The Bertz CT molecular complexity index is 888. The van der Waals surface area contributed by atoms with Gasteiger partial charge in [-0.1, -0.05) is 11.6 Å². The van der Waals surface area contributed by atoms with Gasteiger partial charge in [0.25, 0.3) is 0 Å². The standard InChI is InChI=1S/C18H22ClN3O4S/c1-27(24,25)22-10-8-21(9-11-22)13-18(23)20-12-16-6-7-17(26-16)14-2-4-15(19)5-3-14/h2-7H,8-13H2,1H3,(H,20,23). The first-order valence-electron chi connectivity index (χ1n) is 8.60. The molecule has 0 atom stereocenters. The van der Waals surface area contributed by atoms with Crippen LogP contribution in [-0.4, -0.2) is 62.5 Å². The van der Waals surface area contributed by atoms with Crippen molar-refractivity contribution in [3.8, 4) is 11.3 Å². The Morgan fingerprint density at radius 3 is 2.41 bits per heavy atom. The number of amides is 1. The Hall–Kier alpha value is -1.87. The van der Waals surface area contributed by atoms with Crippen LogP contribution in [0.2, 0.25) is 5.02 Å². The van der Waals surface area contributed by atoms with Gasteiger partial charge in [0.05, 0.1) is 19.3 Å². The highest BCUT2D eigenvalue weighted by atomic mass is 35.5. The molecule has 7 nitrogen and oxygen atoms in total. The van der Waals surface area contributed by atoms with Crippen LogP contribution in [0.25, 0.3) is 11.3 Å². The van der Waals surface area contributed by atoms with Crippen molar-refractivity contribution in [2.75, 3.05) is 39.0 Å². The first kappa shape index (κ1) is 19.9. The van der Waals surface area contributed by atoms with Gasteiger partial charge in [-0.25, -0.2) is 8.42 Å². The van der Waals surface area contributed by atoms with E-state index in [4.69, 9.17) is 16.0 Å². The maximum Gasteiger partial charge on any atom is 0.234 e. The van der Waals surface area contributed by atoms with Gasteiger partial charge in [0.2, 0.25) is 15.9 Å². The lowest BCUT2D eigenvalue weighted by atomic mass is 10.2. The van der Waals surface area contributed by atoms with Crippen LogP contribution < -0.4 is 5.32 Å². The summed E-state index contributed by atoms with van der Waals surface area (Å²) in [6, 6.07) is 11.0. The molecule has 1 amide bonds. The number of carbonyl (C=O) groups is 1. The number of furan rings is 1.